The largest absolute Gasteiger partial charge is 0.458 e. The first-order chi connectivity index (χ1) is 15.9. The first-order valence-corrected chi connectivity index (χ1v) is 11.7. The second-order valence-electron chi connectivity index (χ2n) is 10.1. The van der Waals surface area contributed by atoms with Crippen molar-refractivity contribution in [3.8, 4) is 0 Å². The number of amides is 2. The Kier molecular flexibility index (Phi) is 9.61. The highest BCUT2D eigenvalue weighted by Gasteiger charge is 2.30. The molecule has 1 saturated heterocycles. The third-order valence-electron chi connectivity index (χ3n) is 5.38. The quantitative estimate of drug-likeness (QED) is 0.286. The van der Waals surface area contributed by atoms with E-state index in [0.29, 0.717) is 43.5 Å². The third-order valence-corrected chi connectivity index (χ3v) is 5.38. The van der Waals surface area contributed by atoms with Gasteiger partial charge in [0, 0.05) is 24.2 Å². The zero-order valence-electron chi connectivity index (χ0n) is 20.8. The van der Waals surface area contributed by atoms with Crippen LogP contribution < -0.4 is 11.1 Å². The van der Waals surface area contributed by atoms with E-state index in [1.807, 2.05) is 34.6 Å². The molecule has 9 heteroatoms. The average Bonchev–Trinajstić information content (AvgIpc) is 2.75. The van der Waals surface area contributed by atoms with Crippen LogP contribution >= 0.6 is 0 Å². The fourth-order valence-corrected chi connectivity index (χ4v) is 3.76. The van der Waals surface area contributed by atoms with Gasteiger partial charge in [0.1, 0.15) is 24.1 Å². The van der Waals surface area contributed by atoms with E-state index in [-0.39, 0.29) is 36.3 Å². The number of nitrogens with two attached hydrogens (primary N) is 1. The summed E-state index contributed by atoms with van der Waals surface area (Å²) in [6.07, 6.45) is 1.63. The van der Waals surface area contributed by atoms with Crippen LogP contribution in [-0.4, -0.2) is 66.0 Å². The lowest BCUT2D eigenvalue weighted by molar-refractivity contribution is -0.163. The van der Waals surface area contributed by atoms with Gasteiger partial charge in [-0.25, -0.2) is 4.79 Å². The lowest BCUT2D eigenvalue weighted by atomic mass is 10.00. The van der Waals surface area contributed by atoms with Gasteiger partial charge < -0.3 is 25.4 Å². The van der Waals surface area contributed by atoms with Crippen LogP contribution in [0, 0.1) is 11.3 Å². The van der Waals surface area contributed by atoms with Crippen molar-refractivity contribution in [2.24, 2.45) is 11.7 Å². The molecule has 0 unspecified atom stereocenters. The summed E-state index contributed by atoms with van der Waals surface area (Å²) in [5, 5.41) is 10.3. The van der Waals surface area contributed by atoms with Gasteiger partial charge in [0.15, 0.2) is 0 Å². The Morgan fingerprint density at radius 1 is 1.12 bits per heavy atom. The molecule has 1 atom stereocenters. The third kappa shape index (κ3) is 8.78. The molecule has 188 valence electrons. The molecule has 0 aliphatic carbocycles. The number of carbonyl (C=O) groups is 3. The molecular weight excluding hydrogens is 436 g/mol. The van der Waals surface area contributed by atoms with Crippen molar-refractivity contribution in [3.05, 3.63) is 35.4 Å². The monoisotopic (exact) mass is 474 g/mol. The molecule has 34 heavy (non-hydrogen) atoms. The first-order valence-electron chi connectivity index (χ1n) is 11.7. The van der Waals surface area contributed by atoms with Gasteiger partial charge >= 0.3 is 5.97 Å². The maximum Gasteiger partial charge on any atom is 0.332 e. The summed E-state index contributed by atoms with van der Waals surface area (Å²) in [4.78, 5) is 39.6. The minimum Gasteiger partial charge on any atom is -0.458 e. The number of hydrogen-bond acceptors (Lipinski definition) is 6. The van der Waals surface area contributed by atoms with Crippen LogP contribution in [0.1, 0.15) is 69.8 Å². The van der Waals surface area contributed by atoms with E-state index in [4.69, 9.17) is 20.6 Å². The van der Waals surface area contributed by atoms with Crippen molar-refractivity contribution in [1.29, 1.82) is 5.41 Å². The van der Waals surface area contributed by atoms with Crippen LogP contribution in [0.25, 0.3) is 0 Å². The zero-order valence-corrected chi connectivity index (χ0v) is 20.8. The number of nitrogen functional groups attached to an aromatic ring is 1. The predicted octanol–water partition coefficient (Wildman–Crippen LogP) is 2.46. The minimum atomic E-state index is -0.640. The number of likely N-dealkylation sites (tertiary alicyclic amines) is 1. The zero-order chi connectivity index (χ0) is 25.5. The number of hydrogen-bond donors (Lipinski definition) is 3. The molecule has 0 aromatic heterocycles. The summed E-state index contributed by atoms with van der Waals surface area (Å²) in [5.74, 6) is -0.720. The molecule has 0 saturated carbocycles. The molecule has 1 aromatic rings. The number of nitrogens with zero attached hydrogens (tertiary/aromatic N) is 1. The van der Waals surface area contributed by atoms with Crippen LogP contribution in [0.5, 0.6) is 0 Å². The van der Waals surface area contributed by atoms with Crippen LogP contribution in [0.15, 0.2) is 24.3 Å². The molecule has 2 amide bonds. The topological polar surface area (TPSA) is 135 Å². The Bertz CT molecular complexity index is 868. The highest BCUT2D eigenvalue weighted by Crippen LogP contribution is 2.18. The van der Waals surface area contributed by atoms with E-state index in [1.165, 1.54) is 0 Å². The Morgan fingerprint density at radius 2 is 1.68 bits per heavy atom. The van der Waals surface area contributed by atoms with E-state index >= 15 is 0 Å². The normalized spacial score (nSPS) is 15.6. The summed E-state index contributed by atoms with van der Waals surface area (Å²) in [7, 11) is 0. The fraction of sp³-hybridized carbons (Fsp3) is 0.600. The van der Waals surface area contributed by atoms with Crippen molar-refractivity contribution in [2.45, 2.75) is 71.6 Å². The SMILES string of the molecule is CC(C)C[C@H](NC(=O)c1ccc(C(=N)N)cc1)C(=O)N1CCC(OCC(=O)OC(C)(C)C)CC1. The summed E-state index contributed by atoms with van der Waals surface area (Å²) < 4.78 is 10.9. The second-order valence-corrected chi connectivity index (χ2v) is 10.1. The Hall–Kier alpha value is -2.94. The molecule has 4 N–H and O–H groups in total. The number of esters is 1. The van der Waals surface area contributed by atoms with Crippen molar-refractivity contribution >= 4 is 23.6 Å². The molecule has 0 bridgehead atoms. The van der Waals surface area contributed by atoms with Crippen molar-refractivity contribution in [2.75, 3.05) is 19.7 Å². The average molecular weight is 475 g/mol. The van der Waals surface area contributed by atoms with E-state index < -0.39 is 17.6 Å². The standard InChI is InChI=1S/C25H38N4O5/c1-16(2)14-20(28-23(31)18-8-6-17(7-9-18)22(26)27)24(32)29-12-10-19(11-13-29)33-15-21(30)34-25(3,4)5/h6-9,16,19-20H,10-15H2,1-5H3,(H3,26,27)(H,28,31)/t20-/m0/s1. The molecule has 0 radical (unpaired) electrons. The molecule has 0 spiro atoms. The van der Waals surface area contributed by atoms with Gasteiger partial charge in [-0.3, -0.25) is 15.0 Å². The first kappa shape index (κ1) is 27.3. The van der Waals surface area contributed by atoms with Crippen LogP contribution in [0.2, 0.25) is 0 Å². The molecule has 1 aliphatic rings. The minimum absolute atomic E-state index is 0.0710. The summed E-state index contributed by atoms with van der Waals surface area (Å²) in [5.41, 5.74) is 5.85. The molecular formula is C25H38N4O5. The van der Waals surface area contributed by atoms with Gasteiger partial charge in [0.05, 0.1) is 6.10 Å². The number of rotatable bonds is 9. The molecule has 1 aromatic carbocycles. The van der Waals surface area contributed by atoms with Gasteiger partial charge in [0.2, 0.25) is 5.91 Å². The van der Waals surface area contributed by atoms with Gasteiger partial charge in [-0.1, -0.05) is 26.0 Å². The second kappa shape index (κ2) is 12.0. The maximum absolute atomic E-state index is 13.2. The van der Waals surface area contributed by atoms with Crippen LogP contribution in [0.3, 0.4) is 0 Å². The van der Waals surface area contributed by atoms with Crippen molar-refractivity contribution < 1.29 is 23.9 Å². The lowest BCUT2D eigenvalue weighted by Gasteiger charge is -2.34. The number of piperidine rings is 1. The highest BCUT2D eigenvalue weighted by molar-refractivity contribution is 5.99. The molecule has 1 heterocycles. The number of benzene rings is 1. The van der Waals surface area contributed by atoms with Crippen molar-refractivity contribution in [3.63, 3.8) is 0 Å². The summed E-state index contributed by atoms with van der Waals surface area (Å²) in [6, 6.07) is 5.77. The summed E-state index contributed by atoms with van der Waals surface area (Å²) in [6.45, 7) is 10.3. The number of ether oxygens (including phenoxy) is 2. The van der Waals surface area contributed by atoms with Gasteiger partial charge in [-0.2, -0.15) is 0 Å². The Morgan fingerprint density at radius 3 is 2.18 bits per heavy atom. The molecule has 9 nitrogen and oxygen atoms in total. The molecule has 1 aliphatic heterocycles. The Balaban J connectivity index is 1.92. The van der Waals surface area contributed by atoms with E-state index in [9.17, 15) is 14.4 Å². The van der Waals surface area contributed by atoms with Crippen molar-refractivity contribution in [1.82, 2.24) is 10.2 Å². The van der Waals surface area contributed by atoms with Gasteiger partial charge in [-0.15, -0.1) is 0 Å². The fourth-order valence-electron chi connectivity index (χ4n) is 3.76. The smallest absolute Gasteiger partial charge is 0.332 e. The number of amidine groups is 1. The van der Waals surface area contributed by atoms with E-state index in [0.717, 1.165) is 0 Å². The molecule has 2 rings (SSSR count). The van der Waals surface area contributed by atoms with E-state index in [1.54, 1.807) is 29.2 Å². The lowest BCUT2D eigenvalue weighted by Crippen LogP contribution is -2.52. The highest BCUT2D eigenvalue weighted by atomic mass is 16.6. The Labute approximate surface area is 201 Å². The maximum atomic E-state index is 13.2. The van der Waals surface area contributed by atoms with Crippen LogP contribution in [0.4, 0.5) is 0 Å². The molecule has 1 fully saturated rings. The van der Waals surface area contributed by atoms with Gasteiger partial charge in [-0.05, 0) is 58.1 Å². The summed E-state index contributed by atoms with van der Waals surface area (Å²) >= 11 is 0. The van der Waals surface area contributed by atoms with E-state index in [2.05, 4.69) is 5.32 Å². The van der Waals surface area contributed by atoms with Crippen LogP contribution in [-0.2, 0) is 19.1 Å². The number of carbonyl (C=O) groups excluding carboxylic acids is 3. The predicted molar refractivity (Wildman–Crippen MR) is 130 cm³/mol. The number of nitrogens with one attached hydrogen (secondary N) is 2. The van der Waals surface area contributed by atoms with Gasteiger partial charge in [0.25, 0.3) is 5.91 Å².